The van der Waals surface area contributed by atoms with E-state index in [0.29, 0.717) is 35.3 Å². The van der Waals surface area contributed by atoms with E-state index in [-0.39, 0.29) is 35.8 Å². The Morgan fingerprint density at radius 1 is 1.06 bits per heavy atom. The van der Waals surface area contributed by atoms with Crippen molar-refractivity contribution < 1.29 is 22.7 Å². The molecule has 0 aliphatic carbocycles. The first-order chi connectivity index (χ1) is 16.1. The highest BCUT2D eigenvalue weighted by atomic mass is 32.2. The molecule has 34 heavy (non-hydrogen) atoms. The van der Waals surface area contributed by atoms with Crippen LogP contribution in [0.3, 0.4) is 0 Å². The lowest BCUT2D eigenvalue weighted by atomic mass is 10.0. The first kappa shape index (κ1) is 25.5. The highest BCUT2D eigenvalue weighted by molar-refractivity contribution is 7.89. The van der Waals surface area contributed by atoms with Crippen molar-refractivity contribution in [1.29, 1.82) is 0 Å². The van der Waals surface area contributed by atoms with Crippen molar-refractivity contribution in [3.05, 3.63) is 70.9 Å². The SMILES string of the molecule is COc1cc(C)c(S(=O)(=O)N(C)CCC(=O)Cc2ccc(C(=O)CC3=NC=CC3)cc2)c(C)c1. The van der Waals surface area contributed by atoms with Crippen LogP contribution in [0.15, 0.2) is 58.6 Å². The third-order valence-corrected chi connectivity index (χ3v) is 7.96. The number of rotatable bonds is 11. The summed E-state index contributed by atoms with van der Waals surface area (Å²) in [6.07, 6.45) is 4.90. The number of benzene rings is 2. The summed E-state index contributed by atoms with van der Waals surface area (Å²) in [5.41, 5.74) is 3.42. The molecule has 3 rings (SSSR count). The summed E-state index contributed by atoms with van der Waals surface area (Å²) < 4.78 is 32.6. The molecule has 0 saturated heterocycles. The van der Waals surface area contributed by atoms with Crippen molar-refractivity contribution in [2.24, 2.45) is 4.99 Å². The van der Waals surface area contributed by atoms with Crippen LogP contribution < -0.4 is 4.74 Å². The monoisotopic (exact) mass is 482 g/mol. The highest BCUT2D eigenvalue weighted by Gasteiger charge is 2.26. The van der Waals surface area contributed by atoms with Crippen LogP contribution in [0.4, 0.5) is 0 Å². The molecule has 0 unspecified atom stereocenters. The first-order valence-corrected chi connectivity index (χ1v) is 12.5. The van der Waals surface area contributed by atoms with Crippen LogP contribution >= 0.6 is 0 Å². The summed E-state index contributed by atoms with van der Waals surface area (Å²) in [4.78, 5) is 29.3. The maximum absolute atomic E-state index is 13.1. The molecule has 2 aromatic carbocycles. The van der Waals surface area contributed by atoms with E-state index in [1.54, 1.807) is 56.4 Å². The number of allylic oxidation sites excluding steroid dienone is 1. The predicted octanol–water partition coefficient (Wildman–Crippen LogP) is 4.07. The third kappa shape index (κ3) is 6.07. The standard InChI is InChI=1S/C26H30N2O5S/c1-18-14-24(33-4)15-19(2)26(18)34(31,32)28(3)13-11-23(29)16-20-7-9-21(10-8-20)25(30)17-22-6-5-12-27-22/h5,7-10,12,14-15H,6,11,13,16-17H2,1-4H3. The normalized spacial score (nSPS) is 13.3. The van der Waals surface area contributed by atoms with Crippen molar-refractivity contribution >= 4 is 27.3 Å². The van der Waals surface area contributed by atoms with E-state index in [1.807, 2.05) is 6.08 Å². The van der Waals surface area contributed by atoms with Crippen LogP contribution in [0.25, 0.3) is 0 Å². The van der Waals surface area contributed by atoms with Crippen LogP contribution in [0.2, 0.25) is 0 Å². The molecule has 1 aliphatic rings. The Morgan fingerprint density at radius 2 is 1.71 bits per heavy atom. The summed E-state index contributed by atoms with van der Waals surface area (Å²) in [6, 6.07) is 10.4. The number of methoxy groups -OCH3 is 1. The number of Topliss-reactive ketones (excluding diaryl/α,β-unsaturated/α-hetero) is 2. The van der Waals surface area contributed by atoms with Gasteiger partial charge in [-0.05, 0) is 42.7 Å². The fourth-order valence-electron chi connectivity index (χ4n) is 3.92. The van der Waals surface area contributed by atoms with Crippen LogP contribution in [-0.4, -0.2) is 50.7 Å². The van der Waals surface area contributed by atoms with E-state index < -0.39 is 10.0 Å². The minimum atomic E-state index is -3.75. The van der Waals surface area contributed by atoms with Crippen LogP contribution in [0.5, 0.6) is 5.75 Å². The molecule has 180 valence electrons. The molecule has 0 amide bonds. The number of nitrogens with zero attached hydrogens (tertiary/aromatic N) is 2. The summed E-state index contributed by atoms with van der Waals surface area (Å²) in [5.74, 6) is 0.524. The minimum Gasteiger partial charge on any atom is -0.497 e. The van der Waals surface area contributed by atoms with Crippen LogP contribution in [0.1, 0.15) is 46.3 Å². The Bertz CT molecular complexity index is 1220. The molecule has 1 heterocycles. The molecule has 2 aromatic rings. The maximum atomic E-state index is 13.1. The van der Waals surface area contributed by atoms with Crippen LogP contribution in [0, 0.1) is 13.8 Å². The Hall–Kier alpha value is -3.10. The smallest absolute Gasteiger partial charge is 0.243 e. The average molecular weight is 483 g/mol. The lowest BCUT2D eigenvalue weighted by Gasteiger charge is -2.20. The minimum absolute atomic E-state index is 0.00345. The van der Waals surface area contributed by atoms with Gasteiger partial charge in [0.05, 0.1) is 12.0 Å². The molecule has 0 spiro atoms. The summed E-state index contributed by atoms with van der Waals surface area (Å²) in [7, 11) is -0.726. The van der Waals surface area contributed by atoms with E-state index in [9.17, 15) is 18.0 Å². The fraction of sp³-hybridized carbons (Fsp3) is 0.346. The molecular weight excluding hydrogens is 452 g/mol. The maximum Gasteiger partial charge on any atom is 0.243 e. The van der Waals surface area contributed by atoms with Crippen molar-refractivity contribution in [3.63, 3.8) is 0 Å². The summed E-state index contributed by atoms with van der Waals surface area (Å²) >= 11 is 0. The van der Waals surface area contributed by atoms with Gasteiger partial charge >= 0.3 is 0 Å². The van der Waals surface area contributed by atoms with Gasteiger partial charge < -0.3 is 4.74 Å². The topological polar surface area (TPSA) is 93.1 Å². The van der Waals surface area contributed by atoms with Gasteiger partial charge in [-0.25, -0.2) is 12.7 Å². The second-order valence-electron chi connectivity index (χ2n) is 8.46. The molecule has 0 bridgehead atoms. The Morgan fingerprint density at radius 3 is 2.26 bits per heavy atom. The van der Waals surface area contributed by atoms with Gasteiger partial charge in [-0.1, -0.05) is 30.3 Å². The molecule has 8 heteroatoms. The molecule has 1 aliphatic heterocycles. The Labute approximate surface area is 201 Å². The molecular formula is C26H30N2O5S. The number of ether oxygens (including phenoxy) is 1. The van der Waals surface area contributed by atoms with Crippen molar-refractivity contribution in [1.82, 2.24) is 4.31 Å². The number of ketones is 2. The number of aryl methyl sites for hydroxylation is 2. The number of sulfonamides is 1. The second-order valence-corrected chi connectivity index (χ2v) is 10.4. The zero-order chi connectivity index (χ0) is 24.9. The molecule has 0 radical (unpaired) electrons. The van der Waals surface area contributed by atoms with E-state index in [2.05, 4.69) is 4.99 Å². The number of carbonyl (C=O) groups excluding carboxylic acids is 2. The average Bonchev–Trinajstić information content (AvgIpc) is 3.30. The van der Waals surface area contributed by atoms with E-state index in [1.165, 1.54) is 18.5 Å². The quantitative estimate of drug-likeness (QED) is 0.450. The molecule has 7 nitrogen and oxygen atoms in total. The van der Waals surface area contributed by atoms with Gasteiger partial charge in [0.25, 0.3) is 0 Å². The van der Waals surface area contributed by atoms with Crippen molar-refractivity contribution in [2.75, 3.05) is 20.7 Å². The summed E-state index contributed by atoms with van der Waals surface area (Å²) in [6.45, 7) is 3.54. The van der Waals surface area contributed by atoms with Gasteiger partial charge in [0, 0.05) is 56.8 Å². The lowest BCUT2D eigenvalue weighted by Crippen LogP contribution is -2.30. The van der Waals surface area contributed by atoms with Crippen LogP contribution in [-0.2, 0) is 21.2 Å². The predicted molar refractivity (Wildman–Crippen MR) is 132 cm³/mol. The first-order valence-electron chi connectivity index (χ1n) is 11.1. The Balaban J connectivity index is 1.56. The summed E-state index contributed by atoms with van der Waals surface area (Å²) in [5, 5.41) is 0. The van der Waals surface area contributed by atoms with Gasteiger partial charge in [-0.3, -0.25) is 14.6 Å². The molecule has 0 saturated carbocycles. The number of aliphatic imine (C=N–C) groups is 1. The van der Waals surface area contributed by atoms with Gasteiger partial charge in [-0.15, -0.1) is 0 Å². The largest absolute Gasteiger partial charge is 0.497 e. The number of carbonyl (C=O) groups is 2. The van der Waals surface area contributed by atoms with E-state index >= 15 is 0 Å². The molecule has 0 aromatic heterocycles. The van der Waals surface area contributed by atoms with Gasteiger partial charge in [-0.2, -0.15) is 0 Å². The number of hydrogen-bond acceptors (Lipinski definition) is 6. The highest BCUT2D eigenvalue weighted by Crippen LogP contribution is 2.27. The number of hydrogen-bond donors (Lipinski definition) is 0. The molecule has 0 atom stereocenters. The van der Waals surface area contributed by atoms with Gasteiger partial charge in [0.15, 0.2) is 5.78 Å². The van der Waals surface area contributed by atoms with E-state index in [0.717, 1.165) is 11.3 Å². The zero-order valence-electron chi connectivity index (χ0n) is 20.0. The van der Waals surface area contributed by atoms with Gasteiger partial charge in [0.2, 0.25) is 10.0 Å². The Kier molecular flexibility index (Phi) is 8.17. The third-order valence-electron chi connectivity index (χ3n) is 5.80. The van der Waals surface area contributed by atoms with Crippen molar-refractivity contribution in [2.45, 2.75) is 44.4 Å². The van der Waals surface area contributed by atoms with Crippen molar-refractivity contribution in [3.8, 4) is 5.75 Å². The van der Waals surface area contributed by atoms with Gasteiger partial charge in [0.1, 0.15) is 11.5 Å². The fourth-order valence-corrected chi connectivity index (χ4v) is 5.50. The zero-order valence-corrected chi connectivity index (χ0v) is 20.8. The van der Waals surface area contributed by atoms with E-state index in [4.69, 9.17) is 4.74 Å². The lowest BCUT2D eigenvalue weighted by molar-refractivity contribution is -0.118. The molecule has 0 N–H and O–H groups in total. The second kappa shape index (κ2) is 10.9. The molecule has 0 fully saturated rings.